The van der Waals surface area contributed by atoms with Crippen LogP contribution >= 0.6 is 0 Å². The largest absolute Gasteiger partial charge is 0.497 e. The van der Waals surface area contributed by atoms with Gasteiger partial charge in [0.25, 0.3) is 0 Å². The highest BCUT2D eigenvalue weighted by atomic mass is 28.3. The molecule has 336 valence electrons. The first-order chi connectivity index (χ1) is 30.6. The Kier molecular flexibility index (Phi) is 13.9. The van der Waals surface area contributed by atoms with E-state index in [1.54, 1.807) is 26.6 Å². The number of nitrogens with two attached hydrogens (primary N) is 1. The fourth-order valence-electron chi connectivity index (χ4n) is 7.58. The van der Waals surface area contributed by atoms with Crippen LogP contribution < -0.4 is 15.2 Å². The van der Waals surface area contributed by atoms with Crippen molar-refractivity contribution in [1.82, 2.24) is 38.2 Å². The van der Waals surface area contributed by atoms with Gasteiger partial charge in [-0.1, -0.05) is 44.4 Å². The summed E-state index contributed by atoms with van der Waals surface area (Å²) in [6.07, 6.45) is 7.65. The number of fused-ring (bicyclic) bond motifs is 4. The summed E-state index contributed by atoms with van der Waals surface area (Å²) in [6.45, 7) is 16.9. The second-order valence-electron chi connectivity index (χ2n) is 18.4. The van der Waals surface area contributed by atoms with E-state index in [0.717, 1.165) is 103 Å². The second-order valence-corrected chi connectivity index (χ2v) is 29.7. The summed E-state index contributed by atoms with van der Waals surface area (Å²) in [4.78, 5) is 21.5. The van der Waals surface area contributed by atoms with Crippen molar-refractivity contribution >= 4 is 60.3 Å². The van der Waals surface area contributed by atoms with Crippen LogP contribution in [-0.2, 0) is 50.1 Å². The predicted molar refractivity (Wildman–Crippen MR) is 261 cm³/mol. The van der Waals surface area contributed by atoms with Crippen molar-refractivity contribution in [2.75, 3.05) is 27.4 Å². The topological polar surface area (TPSA) is 183 Å². The lowest BCUT2D eigenvalue weighted by Crippen LogP contribution is -2.22. The van der Waals surface area contributed by atoms with E-state index in [1.807, 2.05) is 31.3 Å². The molecule has 6 aromatic heterocycles. The van der Waals surface area contributed by atoms with E-state index < -0.39 is 16.1 Å². The Bertz CT molecular complexity index is 2970. The number of ether oxygens (including phenoxy) is 4. The molecule has 0 aliphatic heterocycles. The smallest absolute Gasteiger partial charge is 0.161 e. The Hall–Kier alpha value is -6.02. The van der Waals surface area contributed by atoms with Gasteiger partial charge in [0, 0.05) is 100 Å². The average molecular weight is 901 g/mol. The van der Waals surface area contributed by atoms with Gasteiger partial charge in [-0.25, -0.2) is 19.9 Å². The van der Waals surface area contributed by atoms with E-state index in [0.29, 0.717) is 32.3 Å². The quantitative estimate of drug-likeness (QED) is 0.0306. The zero-order valence-corrected chi connectivity index (χ0v) is 40.7. The fourth-order valence-corrected chi connectivity index (χ4v) is 9.10. The van der Waals surface area contributed by atoms with Crippen LogP contribution in [0.2, 0.25) is 51.4 Å². The molecule has 0 amide bonds. The molecule has 8 rings (SSSR count). The van der Waals surface area contributed by atoms with E-state index in [9.17, 15) is 0 Å². The maximum atomic E-state index is 8.64. The molecule has 16 nitrogen and oxygen atoms in total. The molecule has 0 spiro atoms. The molecule has 0 saturated carbocycles. The fraction of sp³-hybridized carbons (Fsp3) is 0.391. The highest BCUT2D eigenvalue weighted by Crippen LogP contribution is 2.37. The van der Waals surface area contributed by atoms with E-state index in [4.69, 9.17) is 35.2 Å². The molecule has 0 atom stereocenters. The maximum Gasteiger partial charge on any atom is 0.161 e. The highest BCUT2D eigenvalue weighted by molar-refractivity contribution is 6.76. The number of aryl methyl sites for hydroxylation is 2. The van der Waals surface area contributed by atoms with Gasteiger partial charge in [0.2, 0.25) is 0 Å². The Morgan fingerprint density at radius 2 is 1.12 bits per heavy atom. The van der Waals surface area contributed by atoms with Gasteiger partial charge in [0.05, 0.1) is 55.9 Å². The lowest BCUT2D eigenvalue weighted by molar-refractivity contribution is 0.0908. The van der Waals surface area contributed by atoms with Gasteiger partial charge >= 0.3 is 0 Å². The lowest BCUT2D eigenvalue weighted by atomic mass is 10.1. The molecule has 0 unspecified atom stereocenters. The van der Waals surface area contributed by atoms with Crippen LogP contribution in [0.15, 0.2) is 78.4 Å². The number of nitrogens with zero attached hydrogens (tertiary/aromatic N) is 11. The molecule has 0 radical (unpaired) electrons. The van der Waals surface area contributed by atoms with Crippen molar-refractivity contribution in [2.24, 2.45) is 24.9 Å². The molecule has 0 saturated heterocycles. The number of azide groups is 1. The van der Waals surface area contributed by atoms with Crippen LogP contribution in [0.25, 0.3) is 77.1 Å². The average Bonchev–Trinajstić information content (AvgIpc) is 4.01. The van der Waals surface area contributed by atoms with Gasteiger partial charge in [0.15, 0.2) is 11.3 Å². The summed E-state index contributed by atoms with van der Waals surface area (Å²) in [5, 5.41) is 5.81. The third-order valence-electron chi connectivity index (χ3n) is 11.2. The minimum Gasteiger partial charge on any atom is -0.497 e. The SMILES string of the molecule is COc1ccc2c(c1)c(-c1cc3nc(CN)cnc3n1COCC[Si](C)(C)C)cn2C.COc1ccc2c(c1)c(-c1cc3nc(CN=[N+]=[N-])cnc3n1COCC[Si](C)(C)C)cn2C. The van der Waals surface area contributed by atoms with E-state index in [-0.39, 0.29) is 6.54 Å². The number of aromatic nitrogens is 8. The van der Waals surface area contributed by atoms with E-state index >= 15 is 0 Å². The standard InChI is InChI=1S/C23H29N7O2Si.C23H31N5O2Si/c1-29-14-19(18-10-17(31-2)6-7-21(18)29)22-11-20-23(25-12-16(27-20)13-26-28-24)30(22)15-32-8-9-33(3,4)5;1-27-14-19(18-10-17(29-2)6-7-21(18)27)22-11-20-23(25-13-16(12-24)26-20)28(22)15-30-8-9-31(3,4)5/h6-7,10-12,14H,8-9,13,15H2,1-5H3;6-7,10-11,13-14H,8-9,12,15,24H2,1-5H3. The maximum absolute atomic E-state index is 8.64. The first kappa shape index (κ1) is 46.0. The van der Waals surface area contributed by atoms with Gasteiger partial charge in [-0.05, 0) is 66.2 Å². The van der Waals surface area contributed by atoms with Crippen LogP contribution in [0.3, 0.4) is 0 Å². The summed E-state index contributed by atoms with van der Waals surface area (Å²) in [7, 11) is 5.10. The van der Waals surface area contributed by atoms with Gasteiger partial charge in [-0.3, -0.25) is 9.13 Å². The van der Waals surface area contributed by atoms with Crippen LogP contribution in [-0.4, -0.2) is 81.8 Å². The Morgan fingerprint density at radius 3 is 1.55 bits per heavy atom. The first-order valence-electron chi connectivity index (χ1n) is 21.4. The Balaban J connectivity index is 0.000000192. The Labute approximate surface area is 375 Å². The van der Waals surface area contributed by atoms with Crippen molar-refractivity contribution in [1.29, 1.82) is 0 Å². The van der Waals surface area contributed by atoms with Crippen molar-refractivity contribution in [3.8, 4) is 34.0 Å². The third-order valence-corrected chi connectivity index (χ3v) is 14.6. The van der Waals surface area contributed by atoms with Crippen LogP contribution in [0.1, 0.15) is 11.4 Å². The summed E-state index contributed by atoms with van der Waals surface area (Å²) >= 11 is 0. The molecule has 2 N–H and O–H groups in total. The summed E-state index contributed by atoms with van der Waals surface area (Å²) in [6, 6.07) is 18.5. The van der Waals surface area contributed by atoms with E-state index in [2.05, 4.69) is 126 Å². The molecule has 0 bridgehead atoms. The molecule has 8 aromatic rings. The zero-order chi connectivity index (χ0) is 45.8. The van der Waals surface area contributed by atoms with Crippen LogP contribution in [0.5, 0.6) is 11.5 Å². The molecule has 6 heterocycles. The number of hydrogen-bond donors (Lipinski definition) is 1. The minimum absolute atomic E-state index is 0.165. The monoisotopic (exact) mass is 900 g/mol. The minimum atomic E-state index is -1.19. The molecule has 2 aromatic carbocycles. The first-order valence-corrected chi connectivity index (χ1v) is 28.9. The second kappa shape index (κ2) is 19.4. The lowest BCUT2D eigenvalue weighted by Gasteiger charge is -2.16. The van der Waals surface area contributed by atoms with Crippen molar-refractivity contribution < 1.29 is 18.9 Å². The number of hydrogen-bond acceptors (Lipinski definition) is 10. The van der Waals surface area contributed by atoms with Crippen molar-refractivity contribution in [2.45, 2.75) is 77.9 Å². The number of rotatable bonds is 17. The van der Waals surface area contributed by atoms with Crippen LogP contribution in [0, 0.1) is 0 Å². The molecular formula is C46H60N12O4Si2. The molecule has 0 aliphatic rings. The predicted octanol–water partition coefficient (Wildman–Crippen LogP) is 10.1. The normalized spacial score (nSPS) is 12.0. The highest BCUT2D eigenvalue weighted by Gasteiger charge is 2.21. The van der Waals surface area contributed by atoms with Crippen molar-refractivity contribution in [3.05, 3.63) is 95.1 Å². The van der Waals surface area contributed by atoms with Gasteiger partial charge in [0.1, 0.15) is 36.0 Å². The summed E-state index contributed by atoms with van der Waals surface area (Å²) in [5.41, 5.74) is 25.3. The van der Waals surface area contributed by atoms with Gasteiger partial charge in [-0.2, -0.15) is 0 Å². The van der Waals surface area contributed by atoms with E-state index in [1.165, 1.54) is 0 Å². The van der Waals surface area contributed by atoms with Crippen molar-refractivity contribution in [3.63, 3.8) is 0 Å². The summed E-state index contributed by atoms with van der Waals surface area (Å²) < 4.78 is 31.6. The third kappa shape index (κ3) is 10.3. The number of benzene rings is 2. The molecule has 0 fully saturated rings. The number of methoxy groups -OCH3 is 2. The Morgan fingerprint density at radius 1 is 0.672 bits per heavy atom. The molecule has 64 heavy (non-hydrogen) atoms. The molecule has 0 aliphatic carbocycles. The molecule has 18 heteroatoms. The van der Waals surface area contributed by atoms with Gasteiger partial charge in [-0.15, -0.1) is 0 Å². The van der Waals surface area contributed by atoms with Gasteiger partial charge < -0.3 is 33.8 Å². The van der Waals surface area contributed by atoms with Crippen LogP contribution in [0.4, 0.5) is 0 Å². The summed E-state index contributed by atoms with van der Waals surface area (Å²) in [5.74, 6) is 1.63. The zero-order valence-electron chi connectivity index (χ0n) is 38.7. The molecular weight excluding hydrogens is 841 g/mol.